The number of carboxylic acids is 1. The van der Waals surface area contributed by atoms with Crippen molar-refractivity contribution in [2.45, 2.75) is 48.5 Å². The molecule has 6 nitrogen and oxygen atoms in total. The molecule has 1 amide bonds. The van der Waals surface area contributed by atoms with Crippen LogP contribution in [0.3, 0.4) is 0 Å². The number of aromatic nitrogens is 1. The molecule has 2 atom stereocenters. The highest BCUT2D eigenvalue weighted by Gasteiger charge is 2.31. The molecule has 1 aliphatic carbocycles. The second-order valence-electron chi connectivity index (χ2n) is 7.48. The molecule has 0 radical (unpaired) electrons. The Morgan fingerprint density at radius 2 is 2.17 bits per heavy atom. The summed E-state index contributed by atoms with van der Waals surface area (Å²) in [6.07, 6.45) is 5.00. The molecule has 8 heteroatoms. The summed E-state index contributed by atoms with van der Waals surface area (Å²) in [5.41, 5.74) is 2.93. The van der Waals surface area contributed by atoms with Gasteiger partial charge in [-0.2, -0.15) is 0 Å². The minimum absolute atomic E-state index is 0.0876. The summed E-state index contributed by atoms with van der Waals surface area (Å²) in [7, 11) is 0. The number of hydrogen-bond acceptors (Lipinski definition) is 6. The molecule has 2 N–H and O–H groups in total. The summed E-state index contributed by atoms with van der Waals surface area (Å²) in [5.74, 6) is -0.0637. The molecule has 1 aromatic heterocycles. The van der Waals surface area contributed by atoms with E-state index >= 15 is 0 Å². The first-order chi connectivity index (χ1) is 14.1. The first kappa shape index (κ1) is 20.4. The van der Waals surface area contributed by atoms with Crippen molar-refractivity contribution in [3.63, 3.8) is 0 Å². The zero-order valence-corrected chi connectivity index (χ0v) is 17.8. The second-order valence-corrected chi connectivity index (χ2v) is 9.68. The maximum Gasteiger partial charge on any atom is 0.355 e. The predicted octanol–water partition coefficient (Wildman–Crippen LogP) is 3.59. The van der Waals surface area contributed by atoms with Crippen LogP contribution < -0.4 is 5.32 Å². The largest absolute Gasteiger partial charge is 0.476 e. The third-order valence-electron chi connectivity index (χ3n) is 5.68. The van der Waals surface area contributed by atoms with E-state index in [2.05, 4.69) is 34.6 Å². The van der Waals surface area contributed by atoms with Crippen molar-refractivity contribution in [2.75, 3.05) is 18.8 Å². The summed E-state index contributed by atoms with van der Waals surface area (Å²) >= 11 is 2.86. The molecule has 1 unspecified atom stereocenters. The Morgan fingerprint density at radius 1 is 1.31 bits per heavy atom. The van der Waals surface area contributed by atoms with Crippen LogP contribution >= 0.6 is 23.1 Å². The van der Waals surface area contributed by atoms with Crippen LogP contribution in [0, 0.1) is 0 Å². The number of aromatic carboxylic acids is 1. The van der Waals surface area contributed by atoms with Crippen molar-refractivity contribution in [3.05, 3.63) is 46.5 Å². The molecule has 29 heavy (non-hydrogen) atoms. The van der Waals surface area contributed by atoms with E-state index in [4.69, 9.17) is 5.11 Å². The number of thiazole rings is 1. The van der Waals surface area contributed by atoms with E-state index in [1.165, 1.54) is 40.6 Å². The van der Waals surface area contributed by atoms with Crippen LogP contribution in [0.25, 0.3) is 0 Å². The Hall–Kier alpha value is -1.90. The van der Waals surface area contributed by atoms with Gasteiger partial charge in [0.25, 0.3) is 0 Å². The van der Waals surface area contributed by atoms with E-state index in [1.54, 1.807) is 5.38 Å². The SMILES string of the molecule is O=C(O)c1csc(SCCN2C(=O)CC[C@@H]2CNC2CCCc3ccccc32)n1. The van der Waals surface area contributed by atoms with Gasteiger partial charge in [0.2, 0.25) is 5.91 Å². The lowest BCUT2D eigenvalue weighted by molar-refractivity contribution is -0.128. The molecule has 0 saturated carbocycles. The standard InChI is InChI=1S/C21H25N3O3S2/c25-19-9-8-15(12-22-17-7-3-5-14-4-1-2-6-16(14)17)24(19)10-11-28-21-23-18(13-29-21)20(26)27/h1-2,4,6,13,15,17,22H,3,5,7-12H2,(H,26,27)/t15-,17?/m1/s1. The van der Waals surface area contributed by atoms with Gasteiger partial charge in [0, 0.05) is 42.7 Å². The number of carbonyl (C=O) groups is 2. The summed E-state index contributed by atoms with van der Waals surface area (Å²) < 4.78 is 0.738. The minimum Gasteiger partial charge on any atom is -0.476 e. The van der Waals surface area contributed by atoms with E-state index in [0.717, 1.165) is 35.9 Å². The van der Waals surface area contributed by atoms with Gasteiger partial charge in [-0.15, -0.1) is 11.3 Å². The van der Waals surface area contributed by atoms with Crippen molar-refractivity contribution in [1.82, 2.24) is 15.2 Å². The molecule has 1 fully saturated rings. The monoisotopic (exact) mass is 431 g/mol. The number of thioether (sulfide) groups is 1. The second kappa shape index (κ2) is 9.28. The number of hydrogen-bond donors (Lipinski definition) is 2. The first-order valence-corrected chi connectivity index (χ1v) is 11.9. The van der Waals surface area contributed by atoms with Gasteiger partial charge in [0.05, 0.1) is 0 Å². The predicted molar refractivity (Wildman–Crippen MR) is 115 cm³/mol. The summed E-state index contributed by atoms with van der Waals surface area (Å²) in [6.45, 7) is 1.48. The van der Waals surface area contributed by atoms with Gasteiger partial charge < -0.3 is 15.3 Å². The lowest BCUT2D eigenvalue weighted by Crippen LogP contribution is -2.42. The number of fused-ring (bicyclic) bond motifs is 1. The number of carboxylic acid groups (broad SMARTS) is 1. The van der Waals surface area contributed by atoms with Crippen molar-refractivity contribution in [2.24, 2.45) is 0 Å². The third-order valence-corrected chi connectivity index (χ3v) is 7.68. The lowest BCUT2D eigenvalue weighted by atomic mass is 9.87. The van der Waals surface area contributed by atoms with Crippen molar-refractivity contribution in [3.8, 4) is 0 Å². The molecule has 4 rings (SSSR count). The number of likely N-dealkylation sites (tertiary alicyclic amines) is 1. The van der Waals surface area contributed by atoms with E-state index < -0.39 is 5.97 Å². The Kier molecular flexibility index (Phi) is 6.52. The molecule has 0 bridgehead atoms. The Bertz CT molecular complexity index is 886. The van der Waals surface area contributed by atoms with E-state index in [9.17, 15) is 9.59 Å². The topological polar surface area (TPSA) is 82.5 Å². The third kappa shape index (κ3) is 4.82. The number of carbonyl (C=O) groups excluding carboxylic acids is 1. The van der Waals surface area contributed by atoms with Gasteiger partial charge in [-0.1, -0.05) is 36.0 Å². The minimum atomic E-state index is -1.00. The highest BCUT2D eigenvalue weighted by atomic mass is 32.2. The van der Waals surface area contributed by atoms with Gasteiger partial charge in [0.1, 0.15) is 0 Å². The number of nitrogens with one attached hydrogen (secondary N) is 1. The normalized spacial score (nSPS) is 21.4. The van der Waals surface area contributed by atoms with Crippen LogP contribution in [0.15, 0.2) is 34.0 Å². The number of benzene rings is 1. The quantitative estimate of drug-likeness (QED) is 0.622. The fourth-order valence-electron chi connectivity index (χ4n) is 4.21. The number of nitrogens with zero attached hydrogens (tertiary/aromatic N) is 2. The number of aryl methyl sites for hydroxylation is 1. The van der Waals surface area contributed by atoms with Gasteiger partial charge in [0.15, 0.2) is 10.0 Å². The molecule has 2 aliphatic rings. The van der Waals surface area contributed by atoms with Crippen molar-refractivity contribution >= 4 is 35.0 Å². The molecule has 1 saturated heterocycles. The molecule has 1 aliphatic heterocycles. The van der Waals surface area contributed by atoms with E-state index in [1.807, 2.05) is 4.90 Å². The highest BCUT2D eigenvalue weighted by molar-refractivity contribution is 8.01. The molecule has 154 valence electrons. The molecule has 2 aromatic rings. The first-order valence-electron chi connectivity index (χ1n) is 10.0. The summed E-state index contributed by atoms with van der Waals surface area (Å²) in [5, 5.41) is 14.2. The molecule has 1 aromatic carbocycles. The highest BCUT2D eigenvalue weighted by Crippen LogP contribution is 2.30. The van der Waals surface area contributed by atoms with Crippen LogP contribution in [-0.2, 0) is 11.2 Å². The van der Waals surface area contributed by atoms with Gasteiger partial charge in [-0.3, -0.25) is 4.79 Å². The van der Waals surface area contributed by atoms with Crippen molar-refractivity contribution < 1.29 is 14.7 Å². The number of amides is 1. The zero-order valence-electron chi connectivity index (χ0n) is 16.2. The fraction of sp³-hybridized carbons (Fsp3) is 0.476. The maximum atomic E-state index is 12.4. The lowest BCUT2D eigenvalue weighted by Gasteiger charge is -2.30. The fourth-order valence-corrected chi connectivity index (χ4v) is 6.02. The van der Waals surface area contributed by atoms with Crippen LogP contribution in [0.1, 0.15) is 53.3 Å². The van der Waals surface area contributed by atoms with Gasteiger partial charge >= 0.3 is 5.97 Å². The molecular formula is C21H25N3O3S2. The molecule has 2 heterocycles. The zero-order chi connectivity index (χ0) is 20.2. The van der Waals surface area contributed by atoms with Crippen LogP contribution in [0.4, 0.5) is 0 Å². The van der Waals surface area contributed by atoms with Crippen LogP contribution in [0.5, 0.6) is 0 Å². The summed E-state index contributed by atoms with van der Waals surface area (Å²) in [4.78, 5) is 29.4. The average molecular weight is 432 g/mol. The molecule has 0 spiro atoms. The maximum absolute atomic E-state index is 12.4. The number of rotatable bonds is 8. The van der Waals surface area contributed by atoms with E-state index in [-0.39, 0.29) is 17.6 Å². The summed E-state index contributed by atoms with van der Waals surface area (Å²) in [6, 6.07) is 9.26. The Balaban J connectivity index is 1.30. The molecular weight excluding hydrogens is 406 g/mol. The van der Waals surface area contributed by atoms with E-state index in [0.29, 0.717) is 19.0 Å². The smallest absolute Gasteiger partial charge is 0.355 e. The van der Waals surface area contributed by atoms with Crippen LogP contribution in [0.2, 0.25) is 0 Å². The van der Waals surface area contributed by atoms with Gasteiger partial charge in [-0.05, 0) is 36.8 Å². The Labute approximate surface area is 178 Å². The Morgan fingerprint density at radius 3 is 3.00 bits per heavy atom. The van der Waals surface area contributed by atoms with Gasteiger partial charge in [-0.25, -0.2) is 9.78 Å². The van der Waals surface area contributed by atoms with Crippen LogP contribution in [-0.4, -0.2) is 51.8 Å². The average Bonchev–Trinajstić information content (AvgIpc) is 3.34. The van der Waals surface area contributed by atoms with Crippen molar-refractivity contribution in [1.29, 1.82) is 0 Å².